The molecular formula is C36H30BrN3O2. The highest BCUT2D eigenvalue weighted by Crippen LogP contribution is 2.25. The zero-order valence-electron chi connectivity index (χ0n) is 23.3. The molecule has 42 heavy (non-hydrogen) atoms. The maximum atomic E-state index is 12.5. The van der Waals surface area contributed by atoms with Crippen molar-refractivity contribution in [3.8, 4) is 5.69 Å². The predicted molar refractivity (Wildman–Crippen MR) is 176 cm³/mol. The standard InChI is InChI=1S/C22H18N2O.C14H12BrNO/c1-16-11-12-19(24-14-13-17-7-5-6-10-21(17)24)15-20(16)23-22(25)18-8-3-2-4-9-18;1-10-7-8-12(15)9-13(10)16-14(17)11-5-3-2-4-6-11/h2-15H,1H3,(H,23,25);2-9H,1H3,(H,16,17). The molecule has 2 N–H and O–H groups in total. The average molecular weight is 617 g/mol. The lowest BCUT2D eigenvalue weighted by Crippen LogP contribution is -2.12. The van der Waals surface area contributed by atoms with Crippen LogP contribution in [0.1, 0.15) is 31.8 Å². The Morgan fingerprint density at radius 1 is 0.595 bits per heavy atom. The molecule has 5 aromatic carbocycles. The minimum Gasteiger partial charge on any atom is -0.322 e. The van der Waals surface area contributed by atoms with E-state index in [-0.39, 0.29) is 11.8 Å². The molecule has 0 saturated heterocycles. The number of para-hydroxylation sites is 1. The number of aryl methyl sites for hydroxylation is 2. The van der Waals surface area contributed by atoms with Gasteiger partial charge < -0.3 is 15.2 Å². The Morgan fingerprint density at radius 3 is 1.74 bits per heavy atom. The number of nitrogens with zero attached hydrogens (tertiary/aromatic N) is 1. The lowest BCUT2D eigenvalue weighted by Gasteiger charge is -2.12. The van der Waals surface area contributed by atoms with Gasteiger partial charge in [-0.1, -0.05) is 82.7 Å². The number of hydrogen-bond donors (Lipinski definition) is 2. The molecule has 6 heteroatoms. The maximum absolute atomic E-state index is 12.5. The van der Waals surface area contributed by atoms with Crippen molar-refractivity contribution in [2.45, 2.75) is 13.8 Å². The number of aromatic nitrogens is 1. The van der Waals surface area contributed by atoms with Gasteiger partial charge in [0.1, 0.15) is 0 Å². The molecule has 208 valence electrons. The summed E-state index contributed by atoms with van der Waals surface area (Å²) in [5.41, 5.74) is 7.20. The van der Waals surface area contributed by atoms with Crippen molar-refractivity contribution >= 4 is 50.0 Å². The number of anilines is 2. The molecule has 2 amide bonds. The van der Waals surface area contributed by atoms with Crippen molar-refractivity contribution < 1.29 is 9.59 Å². The highest BCUT2D eigenvalue weighted by molar-refractivity contribution is 9.10. The van der Waals surface area contributed by atoms with Gasteiger partial charge >= 0.3 is 0 Å². The number of halogens is 1. The Hall–Kier alpha value is -4.94. The largest absolute Gasteiger partial charge is 0.322 e. The summed E-state index contributed by atoms with van der Waals surface area (Å²) >= 11 is 3.39. The van der Waals surface area contributed by atoms with Crippen LogP contribution >= 0.6 is 15.9 Å². The van der Waals surface area contributed by atoms with Crippen molar-refractivity contribution in [3.63, 3.8) is 0 Å². The van der Waals surface area contributed by atoms with Crippen LogP contribution in [0, 0.1) is 13.8 Å². The van der Waals surface area contributed by atoms with Gasteiger partial charge in [-0.05, 0) is 91.0 Å². The fourth-order valence-corrected chi connectivity index (χ4v) is 4.86. The van der Waals surface area contributed by atoms with Gasteiger partial charge in [-0.25, -0.2) is 0 Å². The van der Waals surface area contributed by atoms with E-state index in [0.29, 0.717) is 11.1 Å². The summed E-state index contributed by atoms with van der Waals surface area (Å²) in [6.07, 6.45) is 2.05. The normalized spacial score (nSPS) is 10.5. The van der Waals surface area contributed by atoms with E-state index in [4.69, 9.17) is 0 Å². The van der Waals surface area contributed by atoms with Gasteiger partial charge in [-0.2, -0.15) is 0 Å². The van der Waals surface area contributed by atoms with Crippen molar-refractivity contribution in [2.24, 2.45) is 0 Å². The van der Waals surface area contributed by atoms with Crippen LogP contribution in [0.5, 0.6) is 0 Å². The van der Waals surface area contributed by atoms with Gasteiger partial charge in [0.05, 0.1) is 5.52 Å². The van der Waals surface area contributed by atoms with Crippen molar-refractivity contribution in [1.29, 1.82) is 0 Å². The summed E-state index contributed by atoms with van der Waals surface area (Å²) in [4.78, 5) is 24.4. The Morgan fingerprint density at radius 2 is 1.12 bits per heavy atom. The van der Waals surface area contributed by atoms with Crippen LogP contribution in [0.25, 0.3) is 16.6 Å². The van der Waals surface area contributed by atoms with Gasteiger partial charge in [0, 0.05) is 38.9 Å². The van der Waals surface area contributed by atoms with E-state index in [1.807, 2.05) is 105 Å². The number of rotatable bonds is 5. The summed E-state index contributed by atoms with van der Waals surface area (Å²) in [6, 6.07) is 40.7. The van der Waals surface area contributed by atoms with Crippen molar-refractivity contribution in [3.05, 3.63) is 160 Å². The first-order valence-corrected chi connectivity index (χ1v) is 14.3. The molecule has 0 fully saturated rings. The molecule has 0 saturated carbocycles. The minimum absolute atomic E-state index is 0.0909. The zero-order valence-corrected chi connectivity index (χ0v) is 24.9. The lowest BCUT2D eigenvalue weighted by atomic mass is 10.1. The number of hydrogen-bond acceptors (Lipinski definition) is 2. The van der Waals surface area contributed by atoms with E-state index in [1.54, 1.807) is 12.1 Å². The fraction of sp³-hybridized carbons (Fsp3) is 0.0556. The molecule has 0 spiro atoms. The van der Waals surface area contributed by atoms with E-state index >= 15 is 0 Å². The molecule has 0 atom stereocenters. The second-order valence-electron chi connectivity index (χ2n) is 9.84. The first-order valence-electron chi connectivity index (χ1n) is 13.5. The first kappa shape index (κ1) is 28.6. The summed E-state index contributed by atoms with van der Waals surface area (Å²) in [5.74, 6) is -0.190. The molecule has 1 aromatic heterocycles. The molecule has 6 aromatic rings. The second-order valence-corrected chi connectivity index (χ2v) is 10.8. The third-order valence-corrected chi connectivity index (χ3v) is 7.36. The smallest absolute Gasteiger partial charge is 0.255 e. The van der Waals surface area contributed by atoms with E-state index in [9.17, 15) is 9.59 Å². The Bertz CT molecular complexity index is 1850. The molecule has 1 heterocycles. The zero-order chi connectivity index (χ0) is 29.5. The predicted octanol–water partition coefficient (Wildman–Crippen LogP) is 9.20. The van der Waals surface area contributed by atoms with Crippen LogP contribution in [0.3, 0.4) is 0 Å². The molecular weight excluding hydrogens is 586 g/mol. The highest BCUT2D eigenvalue weighted by Gasteiger charge is 2.10. The van der Waals surface area contributed by atoms with Crippen molar-refractivity contribution in [1.82, 2.24) is 4.57 Å². The van der Waals surface area contributed by atoms with E-state index in [2.05, 4.69) is 61.6 Å². The van der Waals surface area contributed by atoms with Gasteiger partial charge in [-0.15, -0.1) is 0 Å². The minimum atomic E-state index is -0.0989. The monoisotopic (exact) mass is 615 g/mol. The Labute approximate surface area is 254 Å². The fourth-order valence-electron chi connectivity index (χ4n) is 4.50. The van der Waals surface area contributed by atoms with Crippen molar-refractivity contribution in [2.75, 3.05) is 10.6 Å². The first-order chi connectivity index (χ1) is 20.4. The quantitative estimate of drug-likeness (QED) is 0.203. The number of nitrogens with one attached hydrogen (secondary N) is 2. The molecule has 6 rings (SSSR count). The van der Waals surface area contributed by atoms with Crippen LogP contribution in [0.15, 0.2) is 138 Å². The second kappa shape index (κ2) is 13.1. The SMILES string of the molecule is Cc1ccc(-n2ccc3ccccc32)cc1NC(=O)c1ccccc1.Cc1ccc(Br)cc1NC(=O)c1ccccc1. The number of carbonyl (C=O) groups is 2. The van der Waals surface area contributed by atoms with Gasteiger partial charge in [0.15, 0.2) is 0 Å². The third-order valence-electron chi connectivity index (χ3n) is 6.87. The molecule has 0 radical (unpaired) electrons. The van der Waals surface area contributed by atoms with Gasteiger partial charge in [-0.3, -0.25) is 9.59 Å². The Kier molecular flexibility index (Phi) is 8.95. The van der Waals surface area contributed by atoms with E-state index < -0.39 is 0 Å². The summed E-state index contributed by atoms with van der Waals surface area (Å²) in [6.45, 7) is 3.96. The number of amides is 2. The number of benzene rings is 5. The van der Waals surface area contributed by atoms with Crippen LogP contribution in [0.4, 0.5) is 11.4 Å². The van der Waals surface area contributed by atoms with Crippen LogP contribution in [0.2, 0.25) is 0 Å². The highest BCUT2D eigenvalue weighted by atomic mass is 79.9. The van der Waals surface area contributed by atoms with Crippen LogP contribution in [-0.2, 0) is 0 Å². The molecule has 5 nitrogen and oxygen atoms in total. The maximum Gasteiger partial charge on any atom is 0.255 e. The molecule has 0 aliphatic carbocycles. The topological polar surface area (TPSA) is 63.1 Å². The van der Waals surface area contributed by atoms with E-state index in [0.717, 1.165) is 38.2 Å². The third kappa shape index (κ3) is 6.85. The molecule has 0 aliphatic heterocycles. The summed E-state index contributed by atoms with van der Waals surface area (Å²) in [5, 5.41) is 7.12. The van der Waals surface area contributed by atoms with E-state index in [1.165, 1.54) is 5.39 Å². The molecule has 0 bridgehead atoms. The number of fused-ring (bicyclic) bond motifs is 1. The van der Waals surface area contributed by atoms with Crippen LogP contribution in [-0.4, -0.2) is 16.4 Å². The average Bonchev–Trinajstić information content (AvgIpc) is 3.45. The molecule has 0 aliphatic rings. The van der Waals surface area contributed by atoms with Crippen LogP contribution < -0.4 is 10.6 Å². The summed E-state index contributed by atoms with van der Waals surface area (Å²) in [7, 11) is 0. The van der Waals surface area contributed by atoms with Gasteiger partial charge in [0.25, 0.3) is 11.8 Å². The Balaban J connectivity index is 0.000000181. The summed E-state index contributed by atoms with van der Waals surface area (Å²) < 4.78 is 3.08. The number of carbonyl (C=O) groups excluding carboxylic acids is 2. The van der Waals surface area contributed by atoms with Gasteiger partial charge in [0.2, 0.25) is 0 Å². The molecule has 0 unspecified atom stereocenters. The lowest BCUT2D eigenvalue weighted by molar-refractivity contribution is 0.101.